The Morgan fingerprint density at radius 2 is 0.907 bits per heavy atom. The lowest BCUT2D eigenvalue weighted by Crippen LogP contribution is -1.98. The molecule has 0 unspecified atom stereocenters. The smallest absolute Gasteiger partial charge is 0.136 e. The topological polar surface area (TPSA) is 23.0 Å². The lowest BCUT2D eigenvalue weighted by Gasteiger charge is -2.12. The second kappa shape index (κ2) is 8.37. The third-order valence-electron chi connectivity index (χ3n) is 9.06. The summed E-state index contributed by atoms with van der Waals surface area (Å²) in [6, 6.07) is 52.4. The summed E-state index contributed by atoms with van der Waals surface area (Å²) in [5, 5.41) is 9.65. The molecule has 0 atom stereocenters. The highest BCUT2D eigenvalue weighted by Crippen LogP contribution is 2.42. The SMILES string of the molecule is c1ccc(-n2c3ccccc3c3ccc4c5ccccc5n(-c5ccc6oc7cc8ccccc8cc7c6c5)c4c32)cc1. The van der Waals surface area contributed by atoms with Crippen molar-refractivity contribution >= 4 is 76.3 Å². The molecule has 0 spiro atoms. The molecule has 3 nitrogen and oxygen atoms in total. The Bertz CT molecular complexity index is 2720. The van der Waals surface area contributed by atoms with Crippen LogP contribution in [-0.2, 0) is 0 Å². The molecule has 3 heteroatoms. The highest BCUT2D eigenvalue weighted by Gasteiger charge is 2.21. The van der Waals surface area contributed by atoms with E-state index < -0.39 is 0 Å². The van der Waals surface area contributed by atoms with Crippen molar-refractivity contribution in [2.45, 2.75) is 0 Å². The highest BCUT2D eigenvalue weighted by atomic mass is 16.3. The zero-order valence-electron chi connectivity index (χ0n) is 23.2. The number of para-hydroxylation sites is 3. The molecule has 0 aliphatic heterocycles. The molecule has 0 N–H and O–H groups in total. The third kappa shape index (κ3) is 3.08. The van der Waals surface area contributed by atoms with E-state index in [1.54, 1.807) is 0 Å². The molecule has 0 amide bonds. The van der Waals surface area contributed by atoms with Crippen molar-refractivity contribution in [3.05, 3.63) is 146 Å². The van der Waals surface area contributed by atoms with Gasteiger partial charge in [0.05, 0.1) is 22.1 Å². The van der Waals surface area contributed by atoms with Crippen molar-refractivity contribution < 1.29 is 4.42 Å². The number of aromatic nitrogens is 2. The van der Waals surface area contributed by atoms with E-state index in [9.17, 15) is 0 Å². The predicted molar refractivity (Wildman–Crippen MR) is 180 cm³/mol. The molecule has 200 valence electrons. The number of benzene rings is 7. The van der Waals surface area contributed by atoms with Gasteiger partial charge in [0.15, 0.2) is 0 Å². The molecule has 3 heterocycles. The number of furan rings is 1. The molecule has 7 aromatic carbocycles. The van der Waals surface area contributed by atoms with Gasteiger partial charge in [-0.1, -0.05) is 91.0 Å². The molecule has 43 heavy (non-hydrogen) atoms. The van der Waals surface area contributed by atoms with Crippen LogP contribution in [0.25, 0.3) is 87.7 Å². The van der Waals surface area contributed by atoms with Gasteiger partial charge in [0.2, 0.25) is 0 Å². The quantitative estimate of drug-likeness (QED) is 0.211. The van der Waals surface area contributed by atoms with Gasteiger partial charge in [-0.25, -0.2) is 0 Å². The van der Waals surface area contributed by atoms with E-state index in [-0.39, 0.29) is 0 Å². The summed E-state index contributed by atoms with van der Waals surface area (Å²) in [6.07, 6.45) is 0. The van der Waals surface area contributed by atoms with E-state index in [1.165, 1.54) is 54.4 Å². The number of fused-ring (bicyclic) bond motifs is 11. The Labute approximate surface area is 246 Å². The highest BCUT2D eigenvalue weighted by molar-refractivity contribution is 6.24. The van der Waals surface area contributed by atoms with E-state index in [0.29, 0.717) is 0 Å². The van der Waals surface area contributed by atoms with Gasteiger partial charge in [0.25, 0.3) is 0 Å². The maximum atomic E-state index is 6.38. The Kier molecular flexibility index (Phi) is 4.45. The van der Waals surface area contributed by atoms with Gasteiger partial charge in [-0.2, -0.15) is 0 Å². The number of nitrogens with zero attached hydrogens (tertiary/aromatic N) is 2. The van der Waals surface area contributed by atoms with Gasteiger partial charge < -0.3 is 13.6 Å². The molecule has 0 saturated carbocycles. The maximum Gasteiger partial charge on any atom is 0.136 e. The maximum absolute atomic E-state index is 6.38. The van der Waals surface area contributed by atoms with Crippen LogP contribution in [0.3, 0.4) is 0 Å². The first-order chi connectivity index (χ1) is 21.3. The van der Waals surface area contributed by atoms with Crippen molar-refractivity contribution in [3.8, 4) is 11.4 Å². The minimum atomic E-state index is 0.901. The van der Waals surface area contributed by atoms with Crippen LogP contribution in [0.15, 0.2) is 150 Å². The van der Waals surface area contributed by atoms with Crippen LogP contribution >= 0.6 is 0 Å². The van der Waals surface area contributed by atoms with E-state index in [4.69, 9.17) is 4.42 Å². The van der Waals surface area contributed by atoms with Crippen LogP contribution < -0.4 is 0 Å². The van der Waals surface area contributed by atoms with Crippen LogP contribution in [0.2, 0.25) is 0 Å². The lowest BCUT2D eigenvalue weighted by molar-refractivity contribution is 0.669. The Morgan fingerprint density at radius 1 is 0.349 bits per heavy atom. The van der Waals surface area contributed by atoms with Crippen LogP contribution in [0.4, 0.5) is 0 Å². The van der Waals surface area contributed by atoms with Crippen molar-refractivity contribution in [2.75, 3.05) is 0 Å². The molecular weight excluding hydrogens is 524 g/mol. The Balaban J connectivity index is 1.38. The fourth-order valence-corrected chi connectivity index (χ4v) is 7.20. The summed E-state index contributed by atoms with van der Waals surface area (Å²) < 4.78 is 11.3. The minimum Gasteiger partial charge on any atom is -0.456 e. The van der Waals surface area contributed by atoms with Crippen LogP contribution in [0.5, 0.6) is 0 Å². The van der Waals surface area contributed by atoms with Gasteiger partial charge in [0.1, 0.15) is 11.2 Å². The summed E-state index contributed by atoms with van der Waals surface area (Å²) >= 11 is 0. The van der Waals surface area contributed by atoms with Gasteiger partial charge in [-0.05, 0) is 65.4 Å². The molecule has 0 fully saturated rings. The monoisotopic (exact) mass is 548 g/mol. The van der Waals surface area contributed by atoms with Crippen LogP contribution in [0.1, 0.15) is 0 Å². The van der Waals surface area contributed by atoms with Crippen molar-refractivity contribution in [1.82, 2.24) is 9.13 Å². The average Bonchev–Trinajstić information content (AvgIpc) is 3.71. The van der Waals surface area contributed by atoms with Gasteiger partial charge >= 0.3 is 0 Å². The average molecular weight is 549 g/mol. The molecule has 0 saturated heterocycles. The van der Waals surface area contributed by atoms with Crippen LogP contribution in [0, 0.1) is 0 Å². The molecule has 0 aliphatic carbocycles. The van der Waals surface area contributed by atoms with E-state index in [0.717, 1.165) is 33.3 Å². The van der Waals surface area contributed by atoms with Crippen molar-refractivity contribution in [2.24, 2.45) is 0 Å². The molecule has 10 aromatic rings. The summed E-state index contributed by atoms with van der Waals surface area (Å²) in [6.45, 7) is 0. The predicted octanol–water partition coefficient (Wildman–Crippen LogP) is 10.9. The van der Waals surface area contributed by atoms with E-state index in [2.05, 4.69) is 155 Å². The summed E-state index contributed by atoms with van der Waals surface area (Å²) in [5.41, 5.74) is 8.90. The molecule has 0 radical (unpaired) electrons. The summed E-state index contributed by atoms with van der Waals surface area (Å²) in [4.78, 5) is 0. The standard InChI is InChI=1S/C40H24N2O/c1-2-12-27(13-3-1)41-35-16-8-6-14-29(35)31-19-20-32-30-15-7-9-17-36(30)42(40(32)39(31)41)28-18-21-37-34(24-28)33-22-25-10-4-5-11-26(25)23-38(33)43-37/h1-24H. The molecule has 0 bridgehead atoms. The Hall–Kier alpha value is -5.80. The van der Waals surface area contributed by atoms with Crippen LogP contribution in [-0.4, -0.2) is 9.13 Å². The molecular formula is C40H24N2O. The fourth-order valence-electron chi connectivity index (χ4n) is 7.20. The largest absolute Gasteiger partial charge is 0.456 e. The first-order valence-electron chi connectivity index (χ1n) is 14.7. The third-order valence-corrected chi connectivity index (χ3v) is 9.06. The van der Waals surface area contributed by atoms with Gasteiger partial charge in [-0.3, -0.25) is 0 Å². The zero-order chi connectivity index (χ0) is 28.1. The Morgan fingerprint density at radius 3 is 1.60 bits per heavy atom. The number of rotatable bonds is 2. The van der Waals surface area contributed by atoms with Gasteiger partial charge in [0, 0.05) is 43.7 Å². The first-order valence-corrected chi connectivity index (χ1v) is 14.7. The zero-order valence-corrected chi connectivity index (χ0v) is 23.2. The van der Waals surface area contributed by atoms with E-state index >= 15 is 0 Å². The molecule has 0 aliphatic rings. The van der Waals surface area contributed by atoms with Crippen molar-refractivity contribution in [3.63, 3.8) is 0 Å². The van der Waals surface area contributed by atoms with Crippen molar-refractivity contribution in [1.29, 1.82) is 0 Å². The minimum absolute atomic E-state index is 0.901. The summed E-state index contributed by atoms with van der Waals surface area (Å²) in [7, 11) is 0. The second-order valence-electron chi connectivity index (χ2n) is 11.4. The molecule has 10 rings (SSSR count). The van der Waals surface area contributed by atoms with Gasteiger partial charge in [-0.15, -0.1) is 0 Å². The lowest BCUT2D eigenvalue weighted by atomic mass is 10.1. The summed E-state index contributed by atoms with van der Waals surface area (Å²) in [5.74, 6) is 0. The van der Waals surface area contributed by atoms with E-state index in [1.807, 2.05) is 0 Å². The fraction of sp³-hybridized carbons (Fsp3) is 0. The molecule has 3 aromatic heterocycles. The number of hydrogen-bond acceptors (Lipinski definition) is 1. The normalized spacial score (nSPS) is 12.2. The first kappa shape index (κ1) is 22.8. The number of hydrogen-bond donors (Lipinski definition) is 0. The second-order valence-corrected chi connectivity index (χ2v) is 11.4.